The number of carbonyl (C=O) groups excluding carboxylic acids is 4. The molecule has 0 saturated heterocycles. The smallest absolute Gasteiger partial charge is 0.407 e. The number of nitrogens with zero attached hydrogens (tertiary/aromatic N) is 1. The highest BCUT2D eigenvalue weighted by molar-refractivity contribution is 6.76. The van der Waals surface area contributed by atoms with Gasteiger partial charge in [0.1, 0.15) is 29.3 Å². The van der Waals surface area contributed by atoms with Crippen LogP contribution in [0.15, 0.2) is 60.8 Å². The molecule has 17 heteroatoms. The van der Waals surface area contributed by atoms with Gasteiger partial charge in [-0.15, -0.1) is 0 Å². The van der Waals surface area contributed by atoms with Gasteiger partial charge in [0.25, 0.3) is 0 Å². The van der Waals surface area contributed by atoms with Crippen molar-refractivity contribution in [1.82, 2.24) is 25.8 Å². The van der Waals surface area contributed by atoms with Gasteiger partial charge in [-0.1, -0.05) is 70.7 Å². The normalized spacial score (nSPS) is 13.2. The maximum atomic E-state index is 15.1. The Hall–Kier alpha value is -4.68. The maximum absolute atomic E-state index is 15.1. The quantitative estimate of drug-likeness (QED) is 0.0376. The highest BCUT2D eigenvalue weighted by Gasteiger charge is 2.31. The first kappa shape index (κ1) is 53.5. The van der Waals surface area contributed by atoms with Crippen molar-refractivity contribution in [2.24, 2.45) is 11.1 Å². The Balaban J connectivity index is 0.00000316. The van der Waals surface area contributed by atoms with E-state index in [0.29, 0.717) is 12.1 Å². The minimum Gasteiger partial charge on any atom is -0.459 e. The summed E-state index contributed by atoms with van der Waals surface area (Å²) < 4.78 is 42.4. The third kappa shape index (κ3) is 20.5. The molecule has 14 nitrogen and oxygen atoms in total. The van der Waals surface area contributed by atoms with Crippen molar-refractivity contribution in [2.75, 3.05) is 39.5 Å². The zero-order valence-electron chi connectivity index (χ0n) is 37.9. The fourth-order valence-corrected chi connectivity index (χ4v) is 6.92. The first-order valence-corrected chi connectivity index (χ1v) is 24.7. The summed E-state index contributed by atoms with van der Waals surface area (Å²) in [5, 5.41) is 27.5. The van der Waals surface area contributed by atoms with E-state index < -0.39 is 66.7 Å². The van der Waals surface area contributed by atoms with E-state index in [1.807, 2.05) is 47.2 Å². The van der Waals surface area contributed by atoms with Gasteiger partial charge >= 0.3 is 12.1 Å². The van der Waals surface area contributed by atoms with Crippen molar-refractivity contribution in [3.63, 3.8) is 0 Å². The summed E-state index contributed by atoms with van der Waals surface area (Å²) >= 11 is 0. The number of primary amides is 1. The van der Waals surface area contributed by atoms with Crippen LogP contribution >= 0.6 is 0 Å². The van der Waals surface area contributed by atoms with Gasteiger partial charge in [0.05, 0.1) is 25.9 Å². The molecule has 0 unspecified atom stereocenters. The Bertz CT molecular complexity index is 1860. The topological polar surface area (TPSA) is 206 Å². The molecule has 0 aliphatic carbocycles. The number of aliphatic hydroxyl groups is 2. The Morgan fingerprint density at radius 2 is 1.52 bits per heavy atom. The minimum absolute atomic E-state index is 0.0301. The Kier molecular flexibility index (Phi) is 21.9. The molecule has 0 radical (unpaired) electrons. The van der Waals surface area contributed by atoms with Crippen molar-refractivity contribution in [2.45, 2.75) is 117 Å². The number of carbonyl (C=O) groups is 4. The van der Waals surface area contributed by atoms with Gasteiger partial charge < -0.3 is 51.3 Å². The van der Waals surface area contributed by atoms with E-state index in [1.165, 1.54) is 6.07 Å². The Labute approximate surface area is 366 Å². The molecule has 3 amide bonds. The Morgan fingerprint density at radius 1 is 0.855 bits per heavy atom. The third-order valence-corrected chi connectivity index (χ3v) is 11.0. The second kappa shape index (κ2) is 25.4. The number of nitrogens with one attached hydrogen (secondary N) is 4. The number of benzene rings is 2. The van der Waals surface area contributed by atoms with Gasteiger partial charge in [-0.05, 0) is 81.4 Å². The molecule has 3 atom stereocenters. The van der Waals surface area contributed by atoms with Crippen molar-refractivity contribution >= 4 is 32.0 Å². The molecule has 0 aliphatic heterocycles. The minimum atomic E-state index is -1.49. The molecule has 0 bridgehead atoms. The molecule has 0 spiro atoms. The van der Waals surface area contributed by atoms with Crippen LogP contribution in [-0.4, -0.2) is 104 Å². The van der Waals surface area contributed by atoms with Crippen LogP contribution in [0.3, 0.4) is 0 Å². The Morgan fingerprint density at radius 3 is 2.10 bits per heavy atom. The highest BCUT2D eigenvalue weighted by atomic mass is 28.3. The average Bonchev–Trinajstić information content (AvgIpc) is 3.57. The van der Waals surface area contributed by atoms with Gasteiger partial charge in [0, 0.05) is 57.1 Å². The van der Waals surface area contributed by atoms with Crippen LogP contribution in [0, 0.1) is 17.0 Å². The molecule has 3 rings (SSSR count). The predicted octanol–water partition coefficient (Wildman–Crippen LogP) is 5.63. The van der Waals surface area contributed by atoms with Crippen LogP contribution in [0.2, 0.25) is 25.7 Å². The van der Waals surface area contributed by atoms with Gasteiger partial charge in [-0.2, -0.15) is 0 Å². The summed E-state index contributed by atoms with van der Waals surface area (Å²) in [6.07, 6.45) is 1.39. The number of hydrogen-bond donors (Lipinski definition) is 7. The molecule has 62 heavy (non-hydrogen) atoms. The predicted molar refractivity (Wildman–Crippen MR) is 240 cm³/mol. The molecule has 1 aromatic heterocycles. The monoisotopic (exact) mass is 888 g/mol. The summed E-state index contributed by atoms with van der Waals surface area (Å²) in [4.78, 5) is 50.9. The fraction of sp³-hybridized carbons (Fsp3) is 0.556. The molecule has 1 heterocycles. The average molecular weight is 889 g/mol. The number of hydrogen-bond acceptors (Lipinski definition) is 10. The fourth-order valence-electron chi connectivity index (χ4n) is 6.20. The van der Waals surface area contributed by atoms with Gasteiger partial charge in [0.15, 0.2) is 0 Å². The number of aromatic nitrogens is 1. The molecule has 2 aromatic carbocycles. The number of alkyl carbamates (subject to hydrolysis) is 1. The second-order valence-corrected chi connectivity index (χ2v) is 24.0. The summed E-state index contributed by atoms with van der Waals surface area (Å²) in [5.41, 5.74) is 6.71. The lowest BCUT2D eigenvalue weighted by molar-refractivity contribution is -0.157. The summed E-state index contributed by atoms with van der Waals surface area (Å²) in [6, 6.07) is 13.7. The van der Waals surface area contributed by atoms with Gasteiger partial charge in [-0.25, -0.2) is 13.6 Å². The van der Waals surface area contributed by atoms with Gasteiger partial charge in [0.2, 0.25) is 11.8 Å². The molecule has 0 aliphatic rings. The van der Waals surface area contributed by atoms with E-state index in [0.717, 1.165) is 29.4 Å². The van der Waals surface area contributed by atoms with Crippen LogP contribution in [0.25, 0.3) is 11.1 Å². The summed E-state index contributed by atoms with van der Waals surface area (Å²) in [7, 11) is -1.49. The molecule has 8 N–H and O–H groups in total. The summed E-state index contributed by atoms with van der Waals surface area (Å²) in [6.45, 7) is 18.9. The zero-order chi connectivity index (χ0) is 46.7. The number of rotatable bonds is 22. The van der Waals surface area contributed by atoms with Crippen LogP contribution in [-0.2, 0) is 30.4 Å². The zero-order valence-corrected chi connectivity index (χ0v) is 38.9. The first-order chi connectivity index (χ1) is 28.9. The largest absolute Gasteiger partial charge is 0.459 e. The molecular weight excluding hydrogens is 819 g/mol. The third-order valence-electron chi connectivity index (χ3n) is 9.29. The van der Waals surface area contributed by atoms with Crippen LogP contribution in [0.5, 0.6) is 0 Å². The lowest BCUT2D eigenvalue weighted by Crippen LogP contribution is -2.50. The van der Waals surface area contributed by atoms with E-state index in [2.05, 4.69) is 61.7 Å². The van der Waals surface area contributed by atoms with Crippen LogP contribution in [0.4, 0.5) is 13.6 Å². The van der Waals surface area contributed by atoms with E-state index in [4.69, 9.17) is 25.4 Å². The SMILES string of the molecule is CC(C)(C)OC(=O)[C@@H](CCC(N)=O)NCCNC(=O)[C@H](CCN[C@@H](c1cc(-c2cc(F)ccc2F)cn1Cc1ccccc1)C(C)(C)C)NC(=O)OCC[Si](C)(C)C.OCCO. The second-order valence-electron chi connectivity index (χ2n) is 18.4. The van der Waals surface area contributed by atoms with E-state index in [-0.39, 0.29) is 70.3 Å². The number of nitrogens with two attached hydrogens (primary N) is 1. The van der Waals surface area contributed by atoms with Crippen molar-refractivity contribution in [3.05, 3.63) is 83.7 Å². The lowest BCUT2D eigenvalue weighted by Gasteiger charge is -2.33. The molecule has 346 valence electrons. The lowest BCUT2D eigenvalue weighted by atomic mass is 9.84. The summed E-state index contributed by atoms with van der Waals surface area (Å²) in [5.74, 6) is -2.63. The molecule has 0 saturated carbocycles. The van der Waals surface area contributed by atoms with Crippen molar-refractivity contribution < 1.29 is 47.6 Å². The van der Waals surface area contributed by atoms with E-state index in [9.17, 15) is 23.6 Å². The number of aliphatic hydroxyl groups excluding tert-OH is 2. The van der Waals surface area contributed by atoms with E-state index >= 15 is 4.39 Å². The highest BCUT2D eigenvalue weighted by Crippen LogP contribution is 2.37. The van der Waals surface area contributed by atoms with Crippen LogP contribution < -0.4 is 27.0 Å². The molecule has 3 aromatic rings. The number of amides is 3. The van der Waals surface area contributed by atoms with Crippen molar-refractivity contribution in [1.29, 1.82) is 0 Å². The number of halogens is 2. The molecule has 0 fully saturated rings. The number of ether oxygens (including phenoxy) is 2. The van der Waals surface area contributed by atoms with Gasteiger partial charge in [-0.3, -0.25) is 14.4 Å². The maximum Gasteiger partial charge on any atom is 0.407 e. The number of esters is 1. The van der Waals surface area contributed by atoms with Crippen molar-refractivity contribution in [3.8, 4) is 11.1 Å². The standard InChI is InChI=1S/C43H64F2N6O6Si.C2H6O2/c1-42(2,3)38(36-25-30(32-26-31(44)15-16-33(32)45)28-51(36)27-29-13-11-10-12-14-29)48-20-19-34(50-41(55)56-23-24-58(7,8)9)39(53)49-22-21-47-35(17-18-37(46)52)40(54)57-43(4,5)6;3-1-2-4/h10-16,25-26,28,34-35,38,47-48H,17-24,27H2,1-9H3,(H2,46,52)(H,49,53)(H,50,55);3-4H,1-2H2/t34-,35+,38-;/m0./s1. The molecular formula is C45H70F2N6O8Si. The van der Waals surface area contributed by atoms with E-state index in [1.54, 1.807) is 20.8 Å². The first-order valence-electron chi connectivity index (χ1n) is 21.0. The van der Waals surface area contributed by atoms with Crippen LogP contribution in [0.1, 0.15) is 78.1 Å².